The summed E-state index contributed by atoms with van der Waals surface area (Å²) < 4.78 is 7.25. The Balaban J connectivity index is 1.49. The highest BCUT2D eigenvalue weighted by molar-refractivity contribution is 6.06. The third-order valence-corrected chi connectivity index (χ3v) is 3.77. The minimum Gasteiger partial charge on any atom is -0.438 e. The average Bonchev–Trinajstić information content (AvgIpc) is 3.25. The first kappa shape index (κ1) is 16.5. The van der Waals surface area contributed by atoms with Gasteiger partial charge in [-0.2, -0.15) is 5.10 Å². The summed E-state index contributed by atoms with van der Waals surface area (Å²) in [5, 5.41) is 7.09. The smallest absolute Gasteiger partial charge is 0.257 e. The van der Waals surface area contributed by atoms with Crippen LogP contribution < -0.4 is 10.1 Å². The molecule has 0 unspecified atom stereocenters. The summed E-state index contributed by atoms with van der Waals surface area (Å²) in [5.41, 5.74) is 1.89. The Bertz CT molecular complexity index is 1030. The molecule has 0 spiro atoms. The number of nitrogens with one attached hydrogen (secondary N) is 1. The van der Waals surface area contributed by atoms with Gasteiger partial charge in [0.2, 0.25) is 5.88 Å². The lowest BCUT2D eigenvalue weighted by atomic mass is 10.1. The molecule has 0 bridgehead atoms. The number of carbonyl (C=O) groups is 1. The highest BCUT2D eigenvalue weighted by Gasteiger charge is 2.13. The third kappa shape index (κ3) is 3.82. The molecule has 0 atom stereocenters. The number of rotatable bonds is 5. The van der Waals surface area contributed by atoms with Crippen LogP contribution in [0.2, 0.25) is 0 Å². The quantitative estimate of drug-likeness (QED) is 0.589. The van der Waals surface area contributed by atoms with Crippen molar-refractivity contribution >= 4 is 11.6 Å². The molecule has 2 aromatic carbocycles. The van der Waals surface area contributed by atoms with Gasteiger partial charge in [0.1, 0.15) is 5.75 Å². The molecular formula is C20H15N5O2. The zero-order valence-corrected chi connectivity index (χ0v) is 14.2. The van der Waals surface area contributed by atoms with E-state index in [1.807, 2.05) is 24.3 Å². The molecule has 0 saturated carbocycles. The highest BCUT2D eigenvalue weighted by atomic mass is 16.5. The van der Waals surface area contributed by atoms with Gasteiger partial charge in [0.15, 0.2) is 0 Å². The van der Waals surface area contributed by atoms with Crippen LogP contribution in [-0.4, -0.2) is 25.7 Å². The summed E-state index contributed by atoms with van der Waals surface area (Å²) in [4.78, 5) is 20.7. The Morgan fingerprint density at radius 3 is 2.56 bits per heavy atom. The van der Waals surface area contributed by atoms with Crippen molar-refractivity contribution in [2.24, 2.45) is 0 Å². The highest BCUT2D eigenvalue weighted by Crippen LogP contribution is 2.22. The number of ether oxygens (including phenoxy) is 1. The van der Waals surface area contributed by atoms with Crippen LogP contribution in [0.15, 0.2) is 85.6 Å². The van der Waals surface area contributed by atoms with E-state index in [0.717, 1.165) is 0 Å². The van der Waals surface area contributed by atoms with Crippen LogP contribution in [0, 0.1) is 0 Å². The average molecular weight is 357 g/mol. The van der Waals surface area contributed by atoms with Crippen LogP contribution in [-0.2, 0) is 0 Å². The lowest BCUT2D eigenvalue weighted by Gasteiger charge is -2.11. The molecule has 2 aromatic heterocycles. The number of hydrogen-bond acceptors (Lipinski definition) is 5. The van der Waals surface area contributed by atoms with Crippen molar-refractivity contribution in [3.8, 4) is 17.3 Å². The Morgan fingerprint density at radius 1 is 0.963 bits per heavy atom. The second-order valence-corrected chi connectivity index (χ2v) is 5.59. The number of amides is 1. The van der Waals surface area contributed by atoms with Gasteiger partial charge >= 0.3 is 0 Å². The Morgan fingerprint density at radius 2 is 1.81 bits per heavy atom. The van der Waals surface area contributed by atoms with E-state index in [9.17, 15) is 4.79 Å². The van der Waals surface area contributed by atoms with Crippen LogP contribution in [0.4, 0.5) is 5.69 Å². The molecule has 0 aliphatic rings. The summed E-state index contributed by atoms with van der Waals surface area (Å²) in [6, 6.07) is 16.1. The van der Waals surface area contributed by atoms with E-state index in [4.69, 9.17) is 4.74 Å². The molecule has 132 valence electrons. The normalized spacial score (nSPS) is 10.4. The molecule has 2 heterocycles. The number of para-hydroxylation sites is 1. The molecular weight excluding hydrogens is 342 g/mol. The first-order chi connectivity index (χ1) is 13.3. The van der Waals surface area contributed by atoms with E-state index in [-0.39, 0.29) is 5.91 Å². The van der Waals surface area contributed by atoms with E-state index >= 15 is 0 Å². The van der Waals surface area contributed by atoms with Gasteiger partial charge in [0.05, 0.1) is 17.4 Å². The van der Waals surface area contributed by atoms with E-state index in [1.165, 1.54) is 6.20 Å². The minimum atomic E-state index is -0.219. The molecule has 0 saturated heterocycles. The maximum absolute atomic E-state index is 12.7. The van der Waals surface area contributed by atoms with Gasteiger partial charge < -0.3 is 10.1 Å². The fourth-order valence-electron chi connectivity index (χ4n) is 2.54. The molecule has 0 radical (unpaired) electrons. The predicted molar refractivity (Wildman–Crippen MR) is 100 cm³/mol. The fourth-order valence-corrected chi connectivity index (χ4v) is 2.54. The second kappa shape index (κ2) is 7.49. The molecule has 0 fully saturated rings. The Hall–Kier alpha value is -4.00. The second-order valence-electron chi connectivity index (χ2n) is 5.59. The van der Waals surface area contributed by atoms with Gasteiger partial charge in [0, 0.05) is 30.5 Å². The summed E-state index contributed by atoms with van der Waals surface area (Å²) in [5.74, 6) is 0.788. The monoisotopic (exact) mass is 357 g/mol. The van der Waals surface area contributed by atoms with Crippen molar-refractivity contribution in [3.05, 3.63) is 91.1 Å². The molecule has 27 heavy (non-hydrogen) atoms. The molecule has 0 aliphatic carbocycles. The topological polar surface area (TPSA) is 81.9 Å². The fraction of sp³-hybridized carbons (Fsp3) is 0. The van der Waals surface area contributed by atoms with Crippen LogP contribution in [0.3, 0.4) is 0 Å². The number of nitrogens with zero attached hydrogens (tertiary/aromatic N) is 4. The molecule has 1 amide bonds. The molecule has 7 nitrogen and oxygen atoms in total. The summed E-state index contributed by atoms with van der Waals surface area (Å²) in [7, 11) is 0. The Labute approximate surface area is 155 Å². The largest absolute Gasteiger partial charge is 0.438 e. The third-order valence-electron chi connectivity index (χ3n) is 3.77. The number of benzene rings is 2. The van der Waals surface area contributed by atoms with Crippen molar-refractivity contribution in [1.29, 1.82) is 0 Å². The van der Waals surface area contributed by atoms with Gasteiger partial charge in [-0.25, -0.2) is 9.67 Å². The maximum Gasteiger partial charge on any atom is 0.257 e. The van der Waals surface area contributed by atoms with Gasteiger partial charge in [-0.15, -0.1) is 0 Å². The van der Waals surface area contributed by atoms with Crippen molar-refractivity contribution in [2.75, 3.05) is 5.32 Å². The number of anilines is 1. The summed E-state index contributed by atoms with van der Waals surface area (Å²) >= 11 is 0. The van der Waals surface area contributed by atoms with Gasteiger partial charge in [-0.3, -0.25) is 9.78 Å². The van der Waals surface area contributed by atoms with Gasteiger partial charge in [-0.1, -0.05) is 12.1 Å². The van der Waals surface area contributed by atoms with E-state index < -0.39 is 0 Å². The summed E-state index contributed by atoms with van der Waals surface area (Å²) in [6.07, 6.45) is 8.13. The first-order valence-electron chi connectivity index (χ1n) is 8.24. The minimum absolute atomic E-state index is 0.219. The standard InChI is InChI=1S/C20H15N5O2/c26-20(17-4-1-2-5-18(17)25-13-3-10-23-25)24-15-6-8-16(9-7-15)27-19-14-21-11-12-22-19/h1-14H,(H,24,26). The zero-order valence-electron chi connectivity index (χ0n) is 14.2. The molecule has 0 aliphatic heterocycles. The van der Waals surface area contributed by atoms with Crippen LogP contribution in [0.25, 0.3) is 5.69 Å². The van der Waals surface area contributed by atoms with Crippen molar-refractivity contribution in [2.45, 2.75) is 0 Å². The van der Waals surface area contributed by atoms with Gasteiger partial charge in [0.25, 0.3) is 5.91 Å². The van der Waals surface area contributed by atoms with E-state index in [2.05, 4.69) is 20.4 Å². The SMILES string of the molecule is O=C(Nc1ccc(Oc2cnccn2)cc1)c1ccccc1-n1cccn1. The van der Waals surface area contributed by atoms with E-state index in [1.54, 1.807) is 59.8 Å². The predicted octanol–water partition coefficient (Wildman–Crippen LogP) is 3.71. The first-order valence-corrected chi connectivity index (χ1v) is 8.24. The molecule has 7 heteroatoms. The molecule has 4 rings (SSSR count). The lowest BCUT2D eigenvalue weighted by Crippen LogP contribution is -2.15. The summed E-state index contributed by atoms with van der Waals surface area (Å²) in [6.45, 7) is 0. The van der Waals surface area contributed by atoms with Crippen molar-refractivity contribution in [1.82, 2.24) is 19.7 Å². The maximum atomic E-state index is 12.7. The van der Waals surface area contributed by atoms with Crippen molar-refractivity contribution < 1.29 is 9.53 Å². The number of hydrogen-bond donors (Lipinski definition) is 1. The van der Waals surface area contributed by atoms with E-state index in [0.29, 0.717) is 28.6 Å². The number of aromatic nitrogens is 4. The number of carbonyl (C=O) groups excluding carboxylic acids is 1. The van der Waals surface area contributed by atoms with Gasteiger partial charge in [-0.05, 0) is 42.5 Å². The molecule has 4 aromatic rings. The molecule has 1 N–H and O–H groups in total. The zero-order chi connectivity index (χ0) is 18.5. The van der Waals surface area contributed by atoms with Crippen molar-refractivity contribution in [3.63, 3.8) is 0 Å². The van der Waals surface area contributed by atoms with Crippen LogP contribution in [0.1, 0.15) is 10.4 Å². The van der Waals surface area contributed by atoms with Crippen LogP contribution in [0.5, 0.6) is 11.6 Å². The van der Waals surface area contributed by atoms with Crippen LogP contribution >= 0.6 is 0 Å². The lowest BCUT2D eigenvalue weighted by molar-refractivity contribution is 0.102. The Kier molecular flexibility index (Phi) is 4.57.